The number of thioether (sulfide) groups is 1. The summed E-state index contributed by atoms with van der Waals surface area (Å²) in [6.45, 7) is 3.57. The molecule has 0 aliphatic carbocycles. The van der Waals surface area contributed by atoms with Crippen molar-refractivity contribution in [1.82, 2.24) is 9.80 Å². The van der Waals surface area contributed by atoms with E-state index in [1.165, 1.54) is 18.9 Å². The first-order valence-corrected chi connectivity index (χ1v) is 11.9. The van der Waals surface area contributed by atoms with Crippen LogP contribution in [0.3, 0.4) is 0 Å². The molecule has 0 bridgehead atoms. The first kappa shape index (κ1) is 24.7. The lowest BCUT2D eigenvalue weighted by Crippen LogP contribution is -2.32. The Balaban J connectivity index is 1.55. The van der Waals surface area contributed by atoms with Gasteiger partial charge in [-0.25, -0.2) is 4.79 Å². The summed E-state index contributed by atoms with van der Waals surface area (Å²) in [6.07, 6.45) is 2.65. The van der Waals surface area contributed by atoms with Crippen LogP contribution in [0.1, 0.15) is 41.3 Å². The molecule has 1 saturated heterocycles. The van der Waals surface area contributed by atoms with Crippen LogP contribution >= 0.6 is 24.0 Å². The normalized spacial score (nSPS) is 14.6. The number of hydrogen-bond acceptors (Lipinski definition) is 6. The van der Waals surface area contributed by atoms with Gasteiger partial charge in [0.15, 0.2) is 0 Å². The van der Waals surface area contributed by atoms with Gasteiger partial charge in [-0.05, 0) is 42.7 Å². The quantitative estimate of drug-likeness (QED) is 0.298. The molecule has 33 heavy (non-hydrogen) atoms. The zero-order valence-corrected chi connectivity index (χ0v) is 20.3. The van der Waals surface area contributed by atoms with E-state index in [0.29, 0.717) is 47.3 Å². The molecule has 0 atom stereocenters. The van der Waals surface area contributed by atoms with E-state index in [4.69, 9.17) is 17.0 Å². The largest absolute Gasteiger partial charge is 0.465 e. The predicted octanol–water partition coefficient (Wildman–Crippen LogP) is 4.50. The molecule has 3 rings (SSSR count). The Morgan fingerprint density at radius 1 is 1.12 bits per heavy atom. The highest BCUT2D eigenvalue weighted by Gasteiger charge is 2.31. The molecule has 0 aromatic heterocycles. The first-order valence-electron chi connectivity index (χ1n) is 10.7. The van der Waals surface area contributed by atoms with Crippen LogP contribution in [-0.4, -0.2) is 52.1 Å². The van der Waals surface area contributed by atoms with Crippen LogP contribution in [0.2, 0.25) is 0 Å². The molecular formula is C25H26N2O4S2. The smallest absolute Gasteiger partial charge is 0.337 e. The summed E-state index contributed by atoms with van der Waals surface area (Å²) < 4.78 is 5.18. The third-order valence-corrected chi connectivity index (χ3v) is 6.60. The zero-order chi connectivity index (χ0) is 23.8. The van der Waals surface area contributed by atoms with Gasteiger partial charge in [-0.15, -0.1) is 0 Å². The minimum absolute atomic E-state index is 0.0630. The molecule has 0 unspecified atom stereocenters. The predicted molar refractivity (Wildman–Crippen MR) is 134 cm³/mol. The fourth-order valence-electron chi connectivity index (χ4n) is 3.40. The van der Waals surface area contributed by atoms with Gasteiger partial charge in [0.25, 0.3) is 5.91 Å². The van der Waals surface area contributed by atoms with Crippen molar-refractivity contribution in [3.63, 3.8) is 0 Å². The first-order chi connectivity index (χ1) is 15.9. The van der Waals surface area contributed by atoms with Crippen molar-refractivity contribution >= 4 is 52.2 Å². The number of rotatable bonds is 9. The van der Waals surface area contributed by atoms with Gasteiger partial charge in [0.05, 0.1) is 17.6 Å². The molecule has 0 radical (unpaired) electrons. The highest BCUT2D eigenvalue weighted by Crippen LogP contribution is 2.32. The number of thiocarbonyl (C=S) groups is 1. The Kier molecular flexibility index (Phi) is 8.79. The monoisotopic (exact) mass is 482 g/mol. The molecule has 1 heterocycles. The zero-order valence-electron chi connectivity index (χ0n) is 18.7. The van der Waals surface area contributed by atoms with E-state index in [-0.39, 0.29) is 11.8 Å². The molecule has 8 heteroatoms. The molecule has 1 aliphatic heterocycles. The van der Waals surface area contributed by atoms with Crippen molar-refractivity contribution < 1.29 is 19.1 Å². The molecule has 1 aliphatic rings. The van der Waals surface area contributed by atoms with E-state index in [2.05, 4.69) is 0 Å². The Morgan fingerprint density at radius 3 is 2.45 bits per heavy atom. The lowest BCUT2D eigenvalue weighted by molar-refractivity contribution is -0.132. The summed E-state index contributed by atoms with van der Waals surface area (Å²) in [7, 11) is 1.33. The third kappa shape index (κ3) is 6.52. The number of esters is 1. The van der Waals surface area contributed by atoms with Gasteiger partial charge in [0, 0.05) is 26.1 Å². The molecule has 172 valence electrons. The molecular weight excluding hydrogens is 456 g/mol. The van der Waals surface area contributed by atoms with Crippen LogP contribution in [-0.2, 0) is 20.9 Å². The topological polar surface area (TPSA) is 66.9 Å². The van der Waals surface area contributed by atoms with Crippen LogP contribution in [0.25, 0.3) is 6.08 Å². The molecule has 0 N–H and O–H groups in total. The van der Waals surface area contributed by atoms with Gasteiger partial charge in [0.2, 0.25) is 5.91 Å². The number of hydrogen-bond donors (Lipinski definition) is 0. The second-order valence-corrected chi connectivity index (χ2v) is 9.12. The highest BCUT2D eigenvalue weighted by molar-refractivity contribution is 8.26. The summed E-state index contributed by atoms with van der Waals surface area (Å²) in [5, 5.41) is 0. The summed E-state index contributed by atoms with van der Waals surface area (Å²) in [4.78, 5) is 40.9. The van der Waals surface area contributed by atoms with E-state index >= 15 is 0 Å². The molecule has 2 aromatic carbocycles. The van der Waals surface area contributed by atoms with Gasteiger partial charge < -0.3 is 9.64 Å². The average molecular weight is 483 g/mol. The molecule has 6 nitrogen and oxygen atoms in total. The minimum Gasteiger partial charge on any atom is -0.465 e. The van der Waals surface area contributed by atoms with Crippen molar-refractivity contribution in [3.8, 4) is 0 Å². The van der Waals surface area contributed by atoms with Crippen LogP contribution < -0.4 is 0 Å². The SMILES string of the molecule is CCN(Cc1ccccc1)C(=O)CCCN1C(=O)C(=Cc2ccc(C(=O)OC)cc2)SC1=S. The fraction of sp³-hybridized carbons (Fsp3) is 0.280. The Labute approximate surface area is 203 Å². The van der Waals surface area contributed by atoms with Crippen molar-refractivity contribution in [3.05, 3.63) is 76.2 Å². The third-order valence-electron chi connectivity index (χ3n) is 5.23. The van der Waals surface area contributed by atoms with Crippen LogP contribution in [0.5, 0.6) is 0 Å². The van der Waals surface area contributed by atoms with Gasteiger partial charge in [-0.2, -0.15) is 0 Å². The van der Waals surface area contributed by atoms with E-state index in [9.17, 15) is 14.4 Å². The van der Waals surface area contributed by atoms with E-state index in [1.807, 2.05) is 42.2 Å². The maximum Gasteiger partial charge on any atom is 0.337 e. The summed E-state index contributed by atoms with van der Waals surface area (Å²) in [5.74, 6) is -0.507. The van der Waals surface area contributed by atoms with Gasteiger partial charge in [-0.1, -0.05) is 66.4 Å². The van der Waals surface area contributed by atoms with Crippen molar-refractivity contribution in [2.45, 2.75) is 26.3 Å². The highest BCUT2D eigenvalue weighted by atomic mass is 32.2. The van der Waals surface area contributed by atoms with E-state index < -0.39 is 5.97 Å². The van der Waals surface area contributed by atoms with Crippen LogP contribution in [0, 0.1) is 0 Å². The Morgan fingerprint density at radius 2 is 1.82 bits per heavy atom. The number of ether oxygens (including phenoxy) is 1. The average Bonchev–Trinajstić information content (AvgIpc) is 3.10. The molecule has 2 aromatic rings. The number of amides is 2. The number of benzene rings is 2. The number of carbonyl (C=O) groups is 3. The second kappa shape index (κ2) is 11.8. The second-order valence-electron chi connectivity index (χ2n) is 7.44. The lowest BCUT2D eigenvalue weighted by atomic mass is 10.1. The van der Waals surface area contributed by atoms with E-state index in [1.54, 1.807) is 35.2 Å². The van der Waals surface area contributed by atoms with Crippen molar-refractivity contribution in [2.75, 3.05) is 20.2 Å². The summed E-state index contributed by atoms with van der Waals surface area (Å²) in [5.41, 5.74) is 2.33. The lowest BCUT2D eigenvalue weighted by Gasteiger charge is -2.22. The Hall–Kier alpha value is -2.97. The molecule has 1 fully saturated rings. The van der Waals surface area contributed by atoms with Crippen molar-refractivity contribution in [1.29, 1.82) is 0 Å². The van der Waals surface area contributed by atoms with Gasteiger partial charge >= 0.3 is 5.97 Å². The van der Waals surface area contributed by atoms with Gasteiger partial charge in [0.1, 0.15) is 4.32 Å². The minimum atomic E-state index is -0.409. The summed E-state index contributed by atoms with van der Waals surface area (Å²) >= 11 is 6.64. The fourth-order valence-corrected chi connectivity index (χ4v) is 4.71. The van der Waals surface area contributed by atoms with Crippen LogP contribution in [0.4, 0.5) is 0 Å². The molecule has 0 saturated carbocycles. The number of nitrogens with zero attached hydrogens (tertiary/aromatic N) is 2. The number of carbonyl (C=O) groups excluding carboxylic acids is 3. The number of methoxy groups -OCH3 is 1. The van der Waals surface area contributed by atoms with Gasteiger partial charge in [-0.3, -0.25) is 14.5 Å². The summed E-state index contributed by atoms with van der Waals surface area (Å²) in [6, 6.07) is 16.7. The maximum atomic E-state index is 12.8. The van der Waals surface area contributed by atoms with Crippen LogP contribution in [0.15, 0.2) is 59.5 Å². The Bertz CT molecular complexity index is 1050. The standard InChI is InChI=1S/C25H26N2O4S2/c1-3-26(17-19-8-5-4-6-9-19)22(28)10-7-15-27-23(29)21(33-25(27)32)16-18-11-13-20(14-12-18)24(30)31-2/h4-6,8-9,11-14,16H,3,7,10,15,17H2,1-2H3. The maximum absolute atomic E-state index is 12.8. The van der Waals surface area contributed by atoms with Crippen molar-refractivity contribution in [2.24, 2.45) is 0 Å². The van der Waals surface area contributed by atoms with E-state index in [0.717, 1.165) is 11.1 Å². The molecule has 0 spiro atoms. The molecule has 2 amide bonds.